The average molecular weight is 437 g/mol. The Morgan fingerprint density at radius 3 is 2.47 bits per heavy atom. The highest BCUT2D eigenvalue weighted by atomic mass is 19.1. The molecule has 1 aliphatic heterocycles. The van der Waals surface area contributed by atoms with E-state index in [2.05, 4.69) is 10.1 Å². The molecular weight excluding hydrogens is 413 g/mol. The molecular formula is C24H24FN3O4. The summed E-state index contributed by atoms with van der Waals surface area (Å²) in [5.41, 5.74) is 1.07. The van der Waals surface area contributed by atoms with Gasteiger partial charge in [0.25, 0.3) is 5.91 Å². The number of hydrogen-bond donors (Lipinski definition) is 0. The van der Waals surface area contributed by atoms with Crippen molar-refractivity contribution in [2.24, 2.45) is 5.41 Å². The molecule has 0 saturated carbocycles. The van der Waals surface area contributed by atoms with Crippen LogP contribution in [0.3, 0.4) is 0 Å². The fraction of sp³-hybridized carbons (Fsp3) is 0.333. The van der Waals surface area contributed by atoms with E-state index in [4.69, 9.17) is 9.26 Å². The number of esters is 1. The number of aromatic nitrogens is 2. The van der Waals surface area contributed by atoms with Crippen LogP contribution in [0.25, 0.3) is 11.3 Å². The van der Waals surface area contributed by atoms with Crippen LogP contribution in [-0.4, -0.2) is 46.6 Å². The van der Waals surface area contributed by atoms with E-state index >= 15 is 0 Å². The van der Waals surface area contributed by atoms with Crippen molar-refractivity contribution in [2.75, 3.05) is 19.7 Å². The topological polar surface area (TPSA) is 85.5 Å². The number of benzene rings is 1. The van der Waals surface area contributed by atoms with Gasteiger partial charge in [0.15, 0.2) is 0 Å². The van der Waals surface area contributed by atoms with Gasteiger partial charge in [0.2, 0.25) is 0 Å². The molecule has 0 bridgehead atoms. The van der Waals surface area contributed by atoms with Crippen molar-refractivity contribution in [1.82, 2.24) is 15.0 Å². The van der Waals surface area contributed by atoms with Gasteiger partial charge < -0.3 is 14.2 Å². The van der Waals surface area contributed by atoms with Gasteiger partial charge in [-0.1, -0.05) is 5.16 Å². The SMILES string of the molecule is CCOC(=O)C1(Cc2cc(-c3ccc(F)cc3)no2)CCN(C(=O)c2ccncc2)CC1. The standard InChI is InChI=1S/C24H24FN3O4/c1-2-31-23(30)24(9-13-28(14-10-24)22(29)18-7-11-26-12-8-18)16-20-15-21(27-32-20)17-3-5-19(25)6-4-17/h3-8,11-12,15H,2,9-10,13-14,16H2,1H3. The van der Waals surface area contributed by atoms with Crippen molar-refractivity contribution in [3.63, 3.8) is 0 Å². The number of hydrogen-bond acceptors (Lipinski definition) is 6. The zero-order valence-electron chi connectivity index (χ0n) is 17.8. The predicted octanol–water partition coefficient (Wildman–Crippen LogP) is 3.90. The molecule has 3 aromatic rings. The Morgan fingerprint density at radius 1 is 1.12 bits per heavy atom. The number of halogens is 1. The molecule has 0 unspecified atom stereocenters. The first kappa shape index (κ1) is 21.7. The second-order valence-electron chi connectivity index (χ2n) is 7.89. The number of nitrogens with zero attached hydrogens (tertiary/aromatic N) is 3. The first-order valence-corrected chi connectivity index (χ1v) is 10.6. The van der Waals surface area contributed by atoms with Crippen molar-refractivity contribution >= 4 is 11.9 Å². The minimum absolute atomic E-state index is 0.0804. The lowest BCUT2D eigenvalue weighted by Crippen LogP contribution is -2.48. The van der Waals surface area contributed by atoms with Crippen molar-refractivity contribution < 1.29 is 23.2 Å². The summed E-state index contributed by atoms with van der Waals surface area (Å²) in [5, 5.41) is 4.08. The normalized spacial score (nSPS) is 15.4. The molecule has 1 aromatic carbocycles. The number of pyridine rings is 1. The smallest absolute Gasteiger partial charge is 0.312 e. The van der Waals surface area contributed by atoms with Crippen molar-refractivity contribution in [1.29, 1.82) is 0 Å². The number of rotatable bonds is 6. The maximum atomic E-state index is 13.2. The summed E-state index contributed by atoms with van der Waals surface area (Å²) in [6, 6.07) is 11.1. The number of carbonyl (C=O) groups is 2. The van der Waals surface area contributed by atoms with Crippen molar-refractivity contribution in [3.8, 4) is 11.3 Å². The molecule has 32 heavy (non-hydrogen) atoms. The lowest BCUT2D eigenvalue weighted by atomic mass is 9.74. The minimum Gasteiger partial charge on any atom is -0.466 e. The molecule has 3 heterocycles. The summed E-state index contributed by atoms with van der Waals surface area (Å²) >= 11 is 0. The van der Waals surface area contributed by atoms with Gasteiger partial charge in [-0.2, -0.15) is 0 Å². The van der Waals surface area contributed by atoms with Gasteiger partial charge in [-0.3, -0.25) is 14.6 Å². The molecule has 0 N–H and O–H groups in total. The highest BCUT2D eigenvalue weighted by molar-refractivity contribution is 5.94. The quantitative estimate of drug-likeness (QED) is 0.544. The third-order valence-electron chi connectivity index (χ3n) is 5.86. The Morgan fingerprint density at radius 2 is 1.81 bits per heavy atom. The number of likely N-dealkylation sites (tertiary alicyclic amines) is 1. The fourth-order valence-electron chi connectivity index (χ4n) is 4.04. The first-order valence-electron chi connectivity index (χ1n) is 10.6. The van der Waals surface area contributed by atoms with Crippen LogP contribution in [0.4, 0.5) is 4.39 Å². The monoisotopic (exact) mass is 437 g/mol. The van der Waals surface area contributed by atoms with E-state index in [1.165, 1.54) is 12.1 Å². The number of carbonyl (C=O) groups excluding carboxylic acids is 2. The van der Waals surface area contributed by atoms with Gasteiger partial charge in [0.05, 0.1) is 12.0 Å². The molecule has 8 heteroatoms. The van der Waals surface area contributed by atoms with Crippen LogP contribution in [0, 0.1) is 11.2 Å². The Balaban J connectivity index is 1.50. The third kappa shape index (κ3) is 4.54. The molecule has 0 spiro atoms. The van der Waals surface area contributed by atoms with Crippen LogP contribution in [0.15, 0.2) is 59.4 Å². The molecule has 4 rings (SSSR count). The third-order valence-corrected chi connectivity index (χ3v) is 5.86. The lowest BCUT2D eigenvalue weighted by Gasteiger charge is -2.39. The molecule has 0 radical (unpaired) electrons. The van der Waals surface area contributed by atoms with Crippen LogP contribution in [0.2, 0.25) is 0 Å². The van der Waals surface area contributed by atoms with Gasteiger partial charge in [-0.05, 0) is 56.2 Å². The van der Waals surface area contributed by atoms with Crippen LogP contribution in [0.1, 0.15) is 35.9 Å². The summed E-state index contributed by atoms with van der Waals surface area (Å²) in [6.45, 7) is 2.91. The van der Waals surface area contributed by atoms with E-state index in [-0.39, 0.29) is 24.3 Å². The van der Waals surface area contributed by atoms with Crippen molar-refractivity contribution in [3.05, 3.63) is 72.0 Å². The van der Waals surface area contributed by atoms with Gasteiger partial charge in [-0.25, -0.2) is 4.39 Å². The van der Waals surface area contributed by atoms with Crippen LogP contribution in [-0.2, 0) is 16.0 Å². The molecule has 1 aliphatic rings. The maximum Gasteiger partial charge on any atom is 0.312 e. The summed E-state index contributed by atoms with van der Waals surface area (Å²) in [7, 11) is 0. The lowest BCUT2D eigenvalue weighted by molar-refractivity contribution is -0.158. The zero-order valence-corrected chi connectivity index (χ0v) is 17.8. The van der Waals surface area contributed by atoms with Crippen LogP contribution in [0.5, 0.6) is 0 Å². The molecule has 1 fully saturated rings. The molecule has 1 saturated heterocycles. The molecule has 0 atom stereocenters. The van der Waals surface area contributed by atoms with Crippen LogP contribution < -0.4 is 0 Å². The van der Waals surface area contributed by atoms with Gasteiger partial charge in [-0.15, -0.1) is 0 Å². The Kier molecular flexibility index (Phi) is 6.30. The van der Waals surface area contributed by atoms with Gasteiger partial charge in [0.1, 0.15) is 17.3 Å². The Labute approximate surface area is 185 Å². The van der Waals surface area contributed by atoms with E-state index in [0.717, 1.165) is 5.56 Å². The number of amides is 1. The molecule has 2 aromatic heterocycles. The van der Waals surface area contributed by atoms with E-state index < -0.39 is 5.41 Å². The minimum atomic E-state index is -0.801. The van der Waals surface area contributed by atoms with Crippen LogP contribution >= 0.6 is 0 Å². The fourth-order valence-corrected chi connectivity index (χ4v) is 4.04. The van der Waals surface area contributed by atoms with E-state index in [9.17, 15) is 14.0 Å². The largest absolute Gasteiger partial charge is 0.466 e. The Hall–Kier alpha value is -3.55. The van der Waals surface area contributed by atoms with E-state index in [1.807, 2.05) is 0 Å². The van der Waals surface area contributed by atoms with Crippen molar-refractivity contribution in [2.45, 2.75) is 26.2 Å². The predicted molar refractivity (Wildman–Crippen MR) is 114 cm³/mol. The summed E-state index contributed by atoms with van der Waals surface area (Å²) in [4.78, 5) is 31.4. The molecule has 7 nitrogen and oxygen atoms in total. The number of piperidine rings is 1. The average Bonchev–Trinajstić information content (AvgIpc) is 3.28. The summed E-state index contributed by atoms with van der Waals surface area (Å²) in [6.07, 6.45) is 4.40. The molecule has 1 amide bonds. The maximum absolute atomic E-state index is 13.2. The zero-order chi connectivity index (χ0) is 22.6. The van der Waals surface area contributed by atoms with E-state index in [1.54, 1.807) is 54.5 Å². The van der Waals surface area contributed by atoms with Gasteiger partial charge in [0, 0.05) is 49.1 Å². The molecule has 166 valence electrons. The summed E-state index contributed by atoms with van der Waals surface area (Å²) < 4.78 is 24.1. The summed E-state index contributed by atoms with van der Waals surface area (Å²) in [5.74, 6) is -0.156. The van der Waals surface area contributed by atoms with E-state index in [0.29, 0.717) is 49.4 Å². The molecule has 0 aliphatic carbocycles. The second kappa shape index (κ2) is 9.30. The highest BCUT2D eigenvalue weighted by Gasteiger charge is 2.44. The van der Waals surface area contributed by atoms with Gasteiger partial charge >= 0.3 is 5.97 Å². The Bertz CT molecular complexity index is 1070. The second-order valence-corrected chi connectivity index (χ2v) is 7.89. The first-order chi connectivity index (χ1) is 15.5. The number of ether oxygens (including phenoxy) is 1. The highest BCUT2D eigenvalue weighted by Crippen LogP contribution is 2.38.